The number of pyridine rings is 1. The highest BCUT2D eigenvalue weighted by molar-refractivity contribution is 8.18. The van der Waals surface area contributed by atoms with E-state index in [4.69, 9.17) is 25.8 Å². The Hall–Kier alpha value is -4.95. The van der Waals surface area contributed by atoms with Crippen molar-refractivity contribution in [2.24, 2.45) is 0 Å². The fraction of sp³-hybridized carbons (Fsp3) is 0.207. The fourth-order valence-corrected chi connectivity index (χ4v) is 4.82. The molecular formula is C29H25ClN4O9S. The zero-order valence-electron chi connectivity index (χ0n) is 23.4. The van der Waals surface area contributed by atoms with E-state index < -0.39 is 34.5 Å². The number of halogens is 1. The SMILES string of the molecule is CCCOC(=O)c1cc(NC(=O)CN2C(=O)S/C(=C\c3ccc(Oc4ccc([N+](=O)[O-])cn4)c(OCC)c3)C2=O)ccc1Cl. The molecule has 0 unspecified atom stereocenters. The van der Waals surface area contributed by atoms with Crippen molar-refractivity contribution in [3.63, 3.8) is 0 Å². The van der Waals surface area contributed by atoms with Crippen LogP contribution in [0.15, 0.2) is 59.6 Å². The standard InChI is InChI=1S/C29H25ClN4O9S/c1-3-11-42-28(37)20-14-18(6-8-21(20)30)32-25(35)16-33-27(36)24(44-29(33)38)13-17-5-9-22(23(12-17)41-4-2)43-26-10-7-19(15-31-26)34(39)40/h5-10,12-15H,3-4,11,16H2,1-2H3,(H,32,35)/b24-13-. The molecule has 0 saturated carbocycles. The minimum absolute atomic E-state index is 0.0684. The van der Waals surface area contributed by atoms with E-state index in [0.717, 1.165) is 11.1 Å². The molecule has 1 saturated heterocycles. The van der Waals surface area contributed by atoms with Gasteiger partial charge in [0.1, 0.15) is 12.7 Å². The van der Waals surface area contributed by atoms with E-state index in [1.165, 1.54) is 36.4 Å². The molecule has 1 aliphatic heterocycles. The summed E-state index contributed by atoms with van der Waals surface area (Å²) in [6.45, 7) is 3.55. The number of nitro groups is 1. The third-order valence-electron chi connectivity index (χ3n) is 5.79. The van der Waals surface area contributed by atoms with Crippen molar-refractivity contribution in [3.8, 4) is 17.4 Å². The quantitative estimate of drug-likeness (QED) is 0.105. The maximum absolute atomic E-state index is 13.0. The monoisotopic (exact) mass is 640 g/mol. The van der Waals surface area contributed by atoms with Gasteiger partial charge in [0.15, 0.2) is 11.5 Å². The second-order valence-electron chi connectivity index (χ2n) is 9.00. The number of carbonyl (C=O) groups is 4. The van der Waals surface area contributed by atoms with Crippen LogP contribution in [0.25, 0.3) is 6.08 Å². The summed E-state index contributed by atoms with van der Waals surface area (Å²) in [6.07, 6.45) is 3.17. The zero-order chi connectivity index (χ0) is 31.8. The van der Waals surface area contributed by atoms with Crippen molar-refractivity contribution < 1.29 is 38.3 Å². The Morgan fingerprint density at radius 1 is 1.11 bits per heavy atom. The minimum Gasteiger partial charge on any atom is -0.490 e. The first-order chi connectivity index (χ1) is 21.1. The Bertz CT molecular complexity index is 1650. The molecule has 1 N–H and O–H groups in total. The molecule has 13 nitrogen and oxygen atoms in total. The maximum Gasteiger partial charge on any atom is 0.339 e. The normalized spacial score (nSPS) is 13.6. The molecule has 1 fully saturated rings. The predicted molar refractivity (Wildman–Crippen MR) is 162 cm³/mol. The Balaban J connectivity index is 1.44. The molecule has 0 bridgehead atoms. The molecule has 0 atom stereocenters. The van der Waals surface area contributed by atoms with Gasteiger partial charge in [-0.25, -0.2) is 9.78 Å². The molecule has 2 heterocycles. The Morgan fingerprint density at radius 2 is 1.91 bits per heavy atom. The van der Waals surface area contributed by atoms with Crippen LogP contribution in [0.3, 0.4) is 0 Å². The molecule has 228 valence electrons. The van der Waals surface area contributed by atoms with Gasteiger partial charge < -0.3 is 19.5 Å². The number of imide groups is 1. The maximum atomic E-state index is 13.0. The number of aromatic nitrogens is 1. The van der Waals surface area contributed by atoms with Crippen LogP contribution in [0, 0.1) is 10.1 Å². The number of carbonyl (C=O) groups excluding carboxylic acids is 4. The number of nitrogens with one attached hydrogen (secondary N) is 1. The Morgan fingerprint density at radius 3 is 2.59 bits per heavy atom. The molecule has 2 aromatic carbocycles. The molecule has 0 aliphatic carbocycles. The van der Waals surface area contributed by atoms with Crippen molar-refractivity contribution in [2.45, 2.75) is 20.3 Å². The largest absolute Gasteiger partial charge is 0.490 e. The number of rotatable bonds is 12. The van der Waals surface area contributed by atoms with Gasteiger partial charge in [-0.2, -0.15) is 0 Å². The summed E-state index contributed by atoms with van der Waals surface area (Å²) in [5.74, 6) is -1.28. The van der Waals surface area contributed by atoms with Gasteiger partial charge in [0.05, 0.1) is 33.6 Å². The second kappa shape index (κ2) is 14.5. The number of nitrogens with zero attached hydrogens (tertiary/aromatic N) is 3. The van der Waals surface area contributed by atoms with E-state index in [2.05, 4.69) is 10.3 Å². The lowest BCUT2D eigenvalue weighted by Crippen LogP contribution is -2.36. The number of thioether (sulfide) groups is 1. The minimum atomic E-state index is -0.663. The van der Waals surface area contributed by atoms with Crippen molar-refractivity contribution >= 4 is 63.8 Å². The van der Waals surface area contributed by atoms with Crippen molar-refractivity contribution in [1.29, 1.82) is 0 Å². The molecule has 15 heteroatoms. The fourth-order valence-electron chi connectivity index (χ4n) is 3.78. The predicted octanol–water partition coefficient (Wildman–Crippen LogP) is 6.08. The lowest BCUT2D eigenvalue weighted by Gasteiger charge is -2.13. The van der Waals surface area contributed by atoms with Crippen LogP contribution in [0.5, 0.6) is 17.4 Å². The van der Waals surface area contributed by atoms with E-state index >= 15 is 0 Å². The molecular weight excluding hydrogens is 616 g/mol. The lowest BCUT2D eigenvalue weighted by atomic mass is 10.2. The molecule has 0 radical (unpaired) electrons. The number of esters is 1. The Labute approximate surface area is 260 Å². The topological polar surface area (TPSA) is 167 Å². The van der Waals surface area contributed by atoms with Crippen molar-refractivity contribution in [3.05, 3.63) is 85.9 Å². The first-order valence-corrected chi connectivity index (χ1v) is 14.4. The number of hydrogen-bond acceptors (Lipinski definition) is 11. The number of anilines is 1. The van der Waals surface area contributed by atoms with Gasteiger partial charge in [-0.3, -0.25) is 29.4 Å². The molecule has 3 amide bonds. The van der Waals surface area contributed by atoms with Gasteiger partial charge in [0, 0.05) is 17.8 Å². The van der Waals surface area contributed by atoms with Crippen molar-refractivity contribution in [1.82, 2.24) is 9.88 Å². The molecule has 0 spiro atoms. The van der Waals surface area contributed by atoms with Crippen LogP contribution in [0.2, 0.25) is 5.02 Å². The van der Waals surface area contributed by atoms with Crippen LogP contribution in [-0.2, 0) is 14.3 Å². The summed E-state index contributed by atoms with van der Waals surface area (Å²) in [4.78, 5) is 65.7. The van der Waals surface area contributed by atoms with E-state index in [0.29, 0.717) is 29.5 Å². The highest BCUT2D eigenvalue weighted by Gasteiger charge is 2.36. The molecule has 1 aromatic heterocycles. The van der Waals surface area contributed by atoms with Gasteiger partial charge in [0.2, 0.25) is 11.8 Å². The third kappa shape index (κ3) is 7.90. The van der Waals surface area contributed by atoms with Gasteiger partial charge in [0.25, 0.3) is 16.8 Å². The summed E-state index contributed by atoms with van der Waals surface area (Å²) in [7, 11) is 0. The van der Waals surface area contributed by atoms with Gasteiger partial charge in [-0.15, -0.1) is 0 Å². The number of amides is 3. The van der Waals surface area contributed by atoms with Gasteiger partial charge in [-0.1, -0.05) is 24.6 Å². The number of benzene rings is 2. The van der Waals surface area contributed by atoms with Crippen LogP contribution in [-0.4, -0.2) is 57.6 Å². The highest BCUT2D eigenvalue weighted by atomic mass is 35.5. The number of ether oxygens (including phenoxy) is 3. The van der Waals surface area contributed by atoms with Crippen molar-refractivity contribution in [2.75, 3.05) is 25.1 Å². The average molecular weight is 641 g/mol. The van der Waals surface area contributed by atoms with Gasteiger partial charge >= 0.3 is 5.97 Å². The molecule has 4 rings (SSSR count). The summed E-state index contributed by atoms with van der Waals surface area (Å²) in [5.41, 5.74) is 0.627. The van der Waals surface area contributed by atoms with Crippen LogP contribution in [0.4, 0.5) is 16.2 Å². The van der Waals surface area contributed by atoms with Gasteiger partial charge in [-0.05, 0) is 67.1 Å². The zero-order valence-corrected chi connectivity index (χ0v) is 25.0. The number of hydrogen-bond donors (Lipinski definition) is 1. The summed E-state index contributed by atoms with van der Waals surface area (Å²) >= 11 is 6.77. The van der Waals surface area contributed by atoms with Crippen LogP contribution < -0.4 is 14.8 Å². The summed E-state index contributed by atoms with van der Waals surface area (Å²) in [6, 6.07) is 11.6. The highest BCUT2D eigenvalue weighted by Crippen LogP contribution is 2.36. The van der Waals surface area contributed by atoms with Crippen LogP contribution in [0.1, 0.15) is 36.2 Å². The second-order valence-corrected chi connectivity index (χ2v) is 10.4. The molecule has 1 aliphatic rings. The Kier molecular flexibility index (Phi) is 10.5. The smallest absolute Gasteiger partial charge is 0.339 e. The van der Waals surface area contributed by atoms with E-state index in [1.54, 1.807) is 25.1 Å². The third-order valence-corrected chi connectivity index (χ3v) is 7.03. The summed E-state index contributed by atoms with van der Waals surface area (Å²) in [5, 5.41) is 12.9. The first-order valence-electron chi connectivity index (χ1n) is 13.2. The summed E-state index contributed by atoms with van der Waals surface area (Å²) < 4.78 is 16.5. The molecule has 3 aromatic rings. The molecule has 44 heavy (non-hydrogen) atoms. The average Bonchev–Trinajstić information content (AvgIpc) is 3.25. The van der Waals surface area contributed by atoms with E-state index in [9.17, 15) is 29.3 Å². The lowest BCUT2D eigenvalue weighted by molar-refractivity contribution is -0.385. The van der Waals surface area contributed by atoms with E-state index in [1.807, 2.05) is 6.92 Å². The van der Waals surface area contributed by atoms with Crippen LogP contribution >= 0.6 is 23.4 Å². The van der Waals surface area contributed by atoms with E-state index in [-0.39, 0.29) is 51.7 Å². The first kappa shape index (κ1) is 32.0.